The van der Waals surface area contributed by atoms with Crippen LogP contribution >= 0.6 is 22.6 Å². The van der Waals surface area contributed by atoms with Gasteiger partial charge in [0.1, 0.15) is 0 Å². The van der Waals surface area contributed by atoms with Crippen LogP contribution in [0.1, 0.15) is 46.0 Å². The van der Waals surface area contributed by atoms with E-state index >= 15 is 0 Å². The highest BCUT2D eigenvalue weighted by Crippen LogP contribution is 2.60. The van der Waals surface area contributed by atoms with Gasteiger partial charge < -0.3 is 9.47 Å². The predicted molar refractivity (Wildman–Crippen MR) is 92.1 cm³/mol. The van der Waals surface area contributed by atoms with Crippen molar-refractivity contribution in [3.05, 3.63) is 21.3 Å². The number of rotatable bonds is 1. The molecule has 21 heavy (non-hydrogen) atoms. The average Bonchev–Trinajstić information content (AvgIpc) is 2.53. The molecule has 2 aliphatic heterocycles. The molecule has 0 unspecified atom stereocenters. The molecule has 0 spiro atoms. The predicted octanol–water partition coefficient (Wildman–Crippen LogP) is 4.84. The first kappa shape index (κ1) is 14.7. The van der Waals surface area contributed by atoms with Gasteiger partial charge in [0.05, 0.1) is 6.10 Å². The zero-order valence-electron chi connectivity index (χ0n) is 13.0. The molecule has 0 aromatic heterocycles. The molecule has 0 aromatic rings. The molecule has 2 bridgehead atoms. The second kappa shape index (κ2) is 5.34. The lowest BCUT2D eigenvalue weighted by atomic mass is 9.48. The number of hydrogen-bond acceptors (Lipinski definition) is 2. The molecule has 2 nitrogen and oxygen atoms in total. The third-order valence-electron chi connectivity index (χ3n) is 6.49. The topological polar surface area (TPSA) is 18.5 Å². The van der Waals surface area contributed by atoms with Crippen molar-refractivity contribution >= 4 is 22.6 Å². The standard InChI is InChI=1S/C18H25IO2/c1-18(2)12-5-6-14(15(18)9-12)16-8-11(10-19)13-4-3-7-20-17(13)21-16/h6,10,12-13,15-17H,3-5,7-9H2,1-2H3/b11-10+/t12-,13+,15+,16-,17-/m0/s1. The highest BCUT2D eigenvalue weighted by molar-refractivity contribution is 14.1. The fourth-order valence-electron chi connectivity index (χ4n) is 4.90. The van der Waals surface area contributed by atoms with E-state index in [0.29, 0.717) is 11.3 Å². The van der Waals surface area contributed by atoms with Crippen LogP contribution < -0.4 is 0 Å². The maximum absolute atomic E-state index is 6.42. The molecule has 3 aliphatic carbocycles. The molecular formula is C18H25IO2. The van der Waals surface area contributed by atoms with Crippen molar-refractivity contribution < 1.29 is 9.47 Å². The monoisotopic (exact) mass is 400 g/mol. The summed E-state index contributed by atoms with van der Waals surface area (Å²) in [7, 11) is 0. The Hall–Kier alpha value is 0.130. The largest absolute Gasteiger partial charge is 0.352 e. The van der Waals surface area contributed by atoms with E-state index in [1.54, 1.807) is 11.1 Å². The Kier molecular flexibility index (Phi) is 3.74. The number of halogens is 1. The van der Waals surface area contributed by atoms with E-state index in [-0.39, 0.29) is 12.4 Å². The Bertz CT molecular complexity index is 493. The fraction of sp³-hybridized carbons (Fsp3) is 0.778. The van der Waals surface area contributed by atoms with Gasteiger partial charge in [-0.3, -0.25) is 0 Å². The first-order chi connectivity index (χ1) is 10.1. The summed E-state index contributed by atoms with van der Waals surface area (Å²) < 4.78 is 14.6. The van der Waals surface area contributed by atoms with Crippen LogP contribution in [0.25, 0.3) is 0 Å². The van der Waals surface area contributed by atoms with Crippen molar-refractivity contribution in [1.82, 2.24) is 0 Å². The van der Waals surface area contributed by atoms with E-state index in [0.717, 1.165) is 24.9 Å². The van der Waals surface area contributed by atoms with Crippen molar-refractivity contribution in [2.75, 3.05) is 6.61 Å². The Labute approximate surface area is 141 Å². The summed E-state index contributed by atoms with van der Waals surface area (Å²) in [5.74, 6) is 2.13. The molecule has 0 aromatic carbocycles. The van der Waals surface area contributed by atoms with Crippen molar-refractivity contribution in [1.29, 1.82) is 0 Å². The van der Waals surface area contributed by atoms with Crippen LogP contribution in [0.2, 0.25) is 0 Å². The summed E-state index contributed by atoms with van der Waals surface area (Å²) in [6.45, 7) is 5.74. The summed E-state index contributed by atoms with van der Waals surface area (Å²) >= 11 is 2.41. The van der Waals surface area contributed by atoms with Crippen LogP contribution in [-0.4, -0.2) is 19.0 Å². The van der Waals surface area contributed by atoms with Crippen molar-refractivity contribution in [2.24, 2.45) is 23.2 Å². The van der Waals surface area contributed by atoms with Crippen LogP contribution in [0.4, 0.5) is 0 Å². The summed E-state index contributed by atoms with van der Waals surface area (Å²) in [5.41, 5.74) is 3.61. The van der Waals surface area contributed by atoms with E-state index < -0.39 is 0 Å². The minimum absolute atomic E-state index is 0.000304. The van der Waals surface area contributed by atoms with Gasteiger partial charge in [-0.1, -0.05) is 48.1 Å². The third-order valence-corrected chi connectivity index (χ3v) is 7.29. The smallest absolute Gasteiger partial charge is 0.164 e. The van der Waals surface area contributed by atoms with E-state index in [4.69, 9.17) is 9.47 Å². The minimum atomic E-state index is 0.000304. The second-order valence-corrected chi connectivity index (χ2v) is 8.37. The van der Waals surface area contributed by atoms with Crippen LogP contribution in [0.3, 0.4) is 0 Å². The van der Waals surface area contributed by atoms with Gasteiger partial charge in [0.15, 0.2) is 6.29 Å². The van der Waals surface area contributed by atoms with Crippen LogP contribution in [-0.2, 0) is 9.47 Å². The zero-order chi connectivity index (χ0) is 14.6. The van der Waals surface area contributed by atoms with Gasteiger partial charge in [-0.15, -0.1) is 0 Å². The average molecular weight is 400 g/mol. The lowest BCUT2D eigenvalue weighted by Gasteiger charge is -2.58. The first-order valence-corrected chi connectivity index (χ1v) is 9.62. The van der Waals surface area contributed by atoms with Crippen molar-refractivity contribution in [3.63, 3.8) is 0 Å². The van der Waals surface area contributed by atoms with Gasteiger partial charge in [0, 0.05) is 12.5 Å². The van der Waals surface area contributed by atoms with Crippen LogP contribution in [0.5, 0.6) is 0 Å². The summed E-state index contributed by atoms with van der Waals surface area (Å²) in [4.78, 5) is 0. The van der Waals surface area contributed by atoms with Gasteiger partial charge >= 0.3 is 0 Å². The van der Waals surface area contributed by atoms with Gasteiger partial charge in [-0.05, 0) is 59.0 Å². The summed E-state index contributed by atoms with van der Waals surface area (Å²) in [5, 5.41) is 0. The number of hydrogen-bond donors (Lipinski definition) is 0. The van der Waals surface area contributed by atoms with Crippen LogP contribution in [0, 0.1) is 23.2 Å². The zero-order valence-corrected chi connectivity index (χ0v) is 15.1. The number of allylic oxidation sites excluding steroid dienone is 1. The molecule has 0 N–H and O–H groups in total. The van der Waals surface area contributed by atoms with Gasteiger partial charge in [0.2, 0.25) is 0 Å². The molecule has 5 rings (SSSR count). The molecule has 2 heterocycles. The molecule has 0 amide bonds. The fourth-order valence-corrected chi connectivity index (χ4v) is 5.62. The van der Waals surface area contributed by atoms with E-state index in [1.807, 2.05) is 0 Å². The Morgan fingerprint density at radius 2 is 2.24 bits per heavy atom. The molecule has 116 valence electrons. The van der Waals surface area contributed by atoms with Crippen molar-refractivity contribution in [2.45, 2.75) is 58.3 Å². The number of fused-ring (bicyclic) bond motifs is 2. The third kappa shape index (κ3) is 2.26. The SMILES string of the molecule is CC1(C)[C@H]2CC=C([C@@H]3C/C(=C\I)[C@H]4CCCO[C@H]4O3)[C@H]1C2. The molecule has 5 atom stereocenters. The first-order valence-electron chi connectivity index (χ1n) is 8.37. The summed E-state index contributed by atoms with van der Waals surface area (Å²) in [6, 6.07) is 0. The summed E-state index contributed by atoms with van der Waals surface area (Å²) in [6.07, 6.45) is 8.84. The minimum Gasteiger partial charge on any atom is -0.352 e. The Morgan fingerprint density at radius 3 is 2.95 bits per heavy atom. The van der Waals surface area contributed by atoms with Crippen LogP contribution in [0.15, 0.2) is 21.3 Å². The molecule has 5 aliphatic rings. The Morgan fingerprint density at radius 1 is 1.38 bits per heavy atom. The van der Waals surface area contributed by atoms with E-state index in [2.05, 4.69) is 46.6 Å². The van der Waals surface area contributed by atoms with Gasteiger partial charge in [0.25, 0.3) is 0 Å². The highest BCUT2D eigenvalue weighted by Gasteiger charge is 2.53. The molecular weight excluding hydrogens is 375 g/mol. The van der Waals surface area contributed by atoms with Crippen molar-refractivity contribution in [3.8, 4) is 0 Å². The maximum atomic E-state index is 6.42. The molecule has 3 heteroatoms. The lowest BCUT2D eigenvalue weighted by Crippen LogP contribution is -2.52. The maximum Gasteiger partial charge on any atom is 0.164 e. The number of ether oxygens (including phenoxy) is 2. The molecule has 0 radical (unpaired) electrons. The molecule has 1 saturated carbocycles. The van der Waals surface area contributed by atoms with Gasteiger partial charge in [-0.25, -0.2) is 0 Å². The normalized spacial score (nSPS) is 46.5. The van der Waals surface area contributed by atoms with E-state index in [1.165, 1.54) is 25.7 Å². The lowest BCUT2D eigenvalue weighted by molar-refractivity contribution is -0.219. The van der Waals surface area contributed by atoms with E-state index in [9.17, 15) is 0 Å². The Balaban J connectivity index is 1.58. The second-order valence-electron chi connectivity index (χ2n) is 7.75. The molecule has 3 fully saturated rings. The highest BCUT2D eigenvalue weighted by atomic mass is 127. The van der Waals surface area contributed by atoms with Gasteiger partial charge in [-0.2, -0.15) is 0 Å². The molecule has 2 saturated heterocycles. The quantitative estimate of drug-likeness (QED) is 0.463.